The van der Waals surface area contributed by atoms with Gasteiger partial charge in [0.25, 0.3) is 0 Å². The van der Waals surface area contributed by atoms with E-state index in [1.165, 1.54) is 5.56 Å². The molecule has 0 saturated heterocycles. The summed E-state index contributed by atoms with van der Waals surface area (Å²) >= 11 is 0. The van der Waals surface area contributed by atoms with E-state index in [1.54, 1.807) is 7.11 Å². The number of furan rings is 1. The molecule has 0 aromatic carbocycles. The highest BCUT2D eigenvalue weighted by Crippen LogP contribution is 2.13. The Morgan fingerprint density at radius 3 is 2.62 bits per heavy atom. The van der Waals surface area contributed by atoms with Crippen LogP contribution in [0, 0.1) is 5.92 Å². The molecule has 1 aromatic rings. The maximum Gasteiger partial charge on any atom is 0.118 e. The minimum absolute atomic E-state index is 0.125. The average molecular weight is 296 g/mol. The number of methoxy groups -OCH3 is 1. The number of rotatable bonds is 9. The summed E-state index contributed by atoms with van der Waals surface area (Å²) in [6, 6.07) is 2.15. The van der Waals surface area contributed by atoms with Crippen molar-refractivity contribution in [1.29, 1.82) is 0 Å². The standard InChI is InChI=1S/C17H32N2O2/c1-14(2)11-19(7-8-20-6)12-16-9-15(13-21-16)10-18-17(3,4)5/h9,13-14,18H,7-8,10-12H2,1-6H3. The van der Waals surface area contributed by atoms with E-state index >= 15 is 0 Å². The van der Waals surface area contributed by atoms with E-state index in [-0.39, 0.29) is 5.54 Å². The maximum absolute atomic E-state index is 5.70. The topological polar surface area (TPSA) is 37.6 Å². The first-order valence-electron chi connectivity index (χ1n) is 7.83. The SMILES string of the molecule is COCCN(Cc1cc(CNC(C)(C)C)co1)CC(C)C. The van der Waals surface area contributed by atoms with Crippen molar-refractivity contribution < 1.29 is 9.15 Å². The predicted octanol–water partition coefficient (Wildman–Crippen LogP) is 3.27. The van der Waals surface area contributed by atoms with Crippen molar-refractivity contribution in [2.75, 3.05) is 26.8 Å². The Hall–Kier alpha value is -0.840. The summed E-state index contributed by atoms with van der Waals surface area (Å²) in [4.78, 5) is 2.38. The van der Waals surface area contributed by atoms with E-state index in [0.29, 0.717) is 5.92 Å². The van der Waals surface area contributed by atoms with Gasteiger partial charge in [0, 0.05) is 37.8 Å². The summed E-state index contributed by atoms with van der Waals surface area (Å²) < 4.78 is 10.9. The van der Waals surface area contributed by atoms with Gasteiger partial charge in [0.2, 0.25) is 0 Å². The van der Waals surface area contributed by atoms with Crippen LogP contribution in [-0.4, -0.2) is 37.2 Å². The lowest BCUT2D eigenvalue weighted by Gasteiger charge is -2.22. The first-order valence-corrected chi connectivity index (χ1v) is 7.83. The molecule has 1 aromatic heterocycles. The quantitative estimate of drug-likeness (QED) is 0.759. The lowest BCUT2D eigenvalue weighted by molar-refractivity contribution is 0.131. The van der Waals surface area contributed by atoms with Crippen LogP contribution in [0.2, 0.25) is 0 Å². The molecule has 0 aliphatic carbocycles. The van der Waals surface area contributed by atoms with Crippen molar-refractivity contribution in [3.63, 3.8) is 0 Å². The van der Waals surface area contributed by atoms with Crippen LogP contribution >= 0.6 is 0 Å². The van der Waals surface area contributed by atoms with Crippen LogP contribution in [0.1, 0.15) is 45.9 Å². The highest BCUT2D eigenvalue weighted by Gasteiger charge is 2.13. The molecule has 122 valence electrons. The lowest BCUT2D eigenvalue weighted by Crippen LogP contribution is -2.34. The van der Waals surface area contributed by atoms with Crippen molar-refractivity contribution in [3.05, 3.63) is 23.7 Å². The normalized spacial score (nSPS) is 12.6. The van der Waals surface area contributed by atoms with Gasteiger partial charge in [-0.05, 0) is 32.8 Å². The second kappa shape index (κ2) is 8.57. The van der Waals surface area contributed by atoms with E-state index in [1.807, 2.05) is 6.26 Å². The second-order valence-corrected chi connectivity index (χ2v) is 7.15. The van der Waals surface area contributed by atoms with Crippen molar-refractivity contribution in [2.24, 2.45) is 5.92 Å². The fourth-order valence-electron chi connectivity index (χ4n) is 2.16. The zero-order valence-electron chi connectivity index (χ0n) is 14.5. The van der Waals surface area contributed by atoms with Crippen LogP contribution in [0.25, 0.3) is 0 Å². The minimum atomic E-state index is 0.125. The molecule has 4 nitrogen and oxygen atoms in total. The molecule has 0 bridgehead atoms. The molecule has 1 heterocycles. The average Bonchev–Trinajstić information content (AvgIpc) is 2.80. The molecule has 1 N–H and O–H groups in total. The highest BCUT2D eigenvalue weighted by molar-refractivity contribution is 5.13. The van der Waals surface area contributed by atoms with Gasteiger partial charge in [0.05, 0.1) is 19.4 Å². The Morgan fingerprint density at radius 2 is 2.05 bits per heavy atom. The monoisotopic (exact) mass is 296 g/mol. The van der Waals surface area contributed by atoms with Gasteiger partial charge >= 0.3 is 0 Å². The van der Waals surface area contributed by atoms with Crippen LogP contribution in [-0.2, 0) is 17.8 Å². The fraction of sp³-hybridized carbons (Fsp3) is 0.765. The molecular weight excluding hydrogens is 264 g/mol. The van der Waals surface area contributed by atoms with Crippen LogP contribution in [0.3, 0.4) is 0 Å². The van der Waals surface area contributed by atoms with Crippen molar-refractivity contribution in [1.82, 2.24) is 10.2 Å². The molecular formula is C17H32N2O2. The molecule has 0 radical (unpaired) electrons. The van der Waals surface area contributed by atoms with Crippen LogP contribution in [0.15, 0.2) is 16.7 Å². The Labute approximate surface area is 129 Å². The molecule has 0 amide bonds. The Bertz CT molecular complexity index is 394. The van der Waals surface area contributed by atoms with Gasteiger partial charge in [-0.25, -0.2) is 0 Å². The summed E-state index contributed by atoms with van der Waals surface area (Å²) in [6.45, 7) is 15.4. The number of nitrogens with zero attached hydrogens (tertiary/aromatic N) is 1. The summed E-state index contributed by atoms with van der Waals surface area (Å²) in [5, 5.41) is 3.48. The molecule has 1 rings (SSSR count). The third-order valence-electron chi connectivity index (χ3n) is 3.15. The van der Waals surface area contributed by atoms with Gasteiger partial charge in [-0.2, -0.15) is 0 Å². The van der Waals surface area contributed by atoms with Crippen molar-refractivity contribution >= 4 is 0 Å². The third kappa shape index (κ3) is 8.24. The van der Waals surface area contributed by atoms with Crippen LogP contribution < -0.4 is 5.32 Å². The van der Waals surface area contributed by atoms with Crippen LogP contribution in [0.5, 0.6) is 0 Å². The second-order valence-electron chi connectivity index (χ2n) is 7.15. The summed E-state index contributed by atoms with van der Waals surface area (Å²) in [5.41, 5.74) is 1.33. The Morgan fingerprint density at radius 1 is 1.33 bits per heavy atom. The van der Waals surface area contributed by atoms with Crippen molar-refractivity contribution in [3.8, 4) is 0 Å². The Balaban J connectivity index is 2.53. The Kier molecular flexibility index (Phi) is 7.43. The van der Waals surface area contributed by atoms with Gasteiger partial charge in [-0.15, -0.1) is 0 Å². The molecule has 0 saturated carbocycles. The van der Waals surface area contributed by atoms with Gasteiger partial charge in [0.1, 0.15) is 5.76 Å². The van der Waals surface area contributed by atoms with Gasteiger partial charge in [-0.1, -0.05) is 13.8 Å². The molecule has 0 spiro atoms. The molecule has 4 heteroatoms. The largest absolute Gasteiger partial charge is 0.468 e. The van der Waals surface area contributed by atoms with E-state index in [4.69, 9.17) is 9.15 Å². The zero-order valence-corrected chi connectivity index (χ0v) is 14.5. The molecule has 0 aliphatic rings. The van der Waals surface area contributed by atoms with E-state index in [9.17, 15) is 0 Å². The summed E-state index contributed by atoms with van der Waals surface area (Å²) in [7, 11) is 1.75. The number of nitrogens with one attached hydrogen (secondary N) is 1. The zero-order chi connectivity index (χ0) is 15.9. The predicted molar refractivity (Wildman–Crippen MR) is 87.3 cm³/mol. The van der Waals surface area contributed by atoms with Gasteiger partial charge in [-0.3, -0.25) is 4.90 Å². The number of hydrogen-bond donors (Lipinski definition) is 1. The minimum Gasteiger partial charge on any atom is -0.468 e. The number of ether oxygens (including phenoxy) is 1. The van der Waals surface area contributed by atoms with E-state index in [0.717, 1.165) is 38.5 Å². The fourth-order valence-corrected chi connectivity index (χ4v) is 2.16. The highest BCUT2D eigenvalue weighted by atomic mass is 16.5. The number of hydrogen-bond acceptors (Lipinski definition) is 4. The smallest absolute Gasteiger partial charge is 0.118 e. The van der Waals surface area contributed by atoms with Crippen molar-refractivity contribution in [2.45, 2.75) is 53.2 Å². The molecule has 0 atom stereocenters. The van der Waals surface area contributed by atoms with E-state index in [2.05, 4.69) is 50.9 Å². The summed E-state index contributed by atoms with van der Waals surface area (Å²) in [6.07, 6.45) is 1.86. The maximum atomic E-state index is 5.70. The molecule has 0 unspecified atom stereocenters. The van der Waals surface area contributed by atoms with E-state index < -0.39 is 0 Å². The molecule has 0 aliphatic heterocycles. The van der Waals surface area contributed by atoms with Crippen LogP contribution in [0.4, 0.5) is 0 Å². The van der Waals surface area contributed by atoms with Gasteiger partial charge in [0.15, 0.2) is 0 Å². The lowest BCUT2D eigenvalue weighted by atomic mass is 10.1. The molecule has 0 fully saturated rings. The first-order chi connectivity index (χ1) is 9.80. The van der Waals surface area contributed by atoms with Gasteiger partial charge < -0.3 is 14.5 Å². The first kappa shape index (κ1) is 18.2. The summed E-state index contributed by atoms with van der Waals surface area (Å²) in [5.74, 6) is 1.66. The third-order valence-corrected chi connectivity index (χ3v) is 3.15. The molecule has 21 heavy (non-hydrogen) atoms.